The molecule has 1 atom stereocenters. The van der Waals surface area contributed by atoms with E-state index in [2.05, 4.69) is 0 Å². The maximum Gasteiger partial charge on any atom is 0.281 e. The number of aromatic nitrogens is 4. The Morgan fingerprint density at radius 3 is 1.23 bits per heavy atom. The predicted octanol–water partition coefficient (Wildman–Crippen LogP) is -1.66. The molecule has 202 valence electrons. The highest BCUT2D eigenvalue weighted by Gasteiger charge is 2.26. The first-order valence-corrected chi connectivity index (χ1v) is 12.2. The Morgan fingerprint density at radius 1 is 0.575 bits per heavy atom. The molecular weight excluding hydrogens is 528 g/mol. The van der Waals surface area contributed by atoms with E-state index in [1.54, 1.807) is 13.8 Å². The summed E-state index contributed by atoms with van der Waals surface area (Å²) in [4.78, 5) is 104. The normalized spacial score (nSPS) is 13.0. The smallest absolute Gasteiger partial charge is 0.281 e. The molecule has 14 heteroatoms. The Kier molecular flexibility index (Phi) is 5.33. The molecule has 0 spiro atoms. The number of fused-ring (bicyclic) bond motifs is 4. The standard InChI is InChI=1S/C26H18N4O10/c1-3-18(31)28-21(34)12-7-16-17(8-13(12)22(28)35)26(39)30(25(16)38)29-23(36)14-5-10-11(6-15(14)24(29)37)20(33)27(19(10)32)9-40-4-2/h5-8,18,31H,3-4,9H2,1-2H3. The molecule has 6 rings (SSSR count). The van der Waals surface area contributed by atoms with Crippen LogP contribution in [-0.2, 0) is 11.5 Å². The summed E-state index contributed by atoms with van der Waals surface area (Å²) >= 11 is 0. The Balaban J connectivity index is 1.65. The van der Waals surface area contributed by atoms with Crippen molar-refractivity contribution in [1.82, 2.24) is 18.5 Å². The van der Waals surface area contributed by atoms with Gasteiger partial charge in [0.2, 0.25) is 0 Å². The van der Waals surface area contributed by atoms with E-state index in [4.69, 9.17) is 4.74 Å². The lowest BCUT2D eigenvalue weighted by Gasteiger charge is -2.05. The van der Waals surface area contributed by atoms with Gasteiger partial charge in [-0.15, -0.1) is 0 Å². The maximum atomic E-state index is 13.3. The zero-order valence-electron chi connectivity index (χ0n) is 20.9. The Bertz CT molecular complexity index is 2330. The lowest BCUT2D eigenvalue weighted by Crippen LogP contribution is -2.42. The Hall–Kier alpha value is -5.08. The molecule has 0 aliphatic carbocycles. The second-order valence-electron chi connectivity index (χ2n) is 9.26. The molecule has 0 fully saturated rings. The number of benzene rings is 2. The van der Waals surface area contributed by atoms with E-state index in [0.717, 1.165) is 28.8 Å². The zero-order chi connectivity index (χ0) is 28.8. The molecule has 0 saturated carbocycles. The number of aliphatic hydroxyl groups is 1. The van der Waals surface area contributed by atoms with Gasteiger partial charge in [-0.2, -0.15) is 9.35 Å². The van der Waals surface area contributed by atoms with Gasteiger partial charge in [0.1, 0.15) is 13.0 Å². The average Bonchev–Trinajstić information content (AvgIpc) is 3.52. The summed E-state index contributed by atoms with van der Waals surface area (Å²) in [6.07, 6.45) is -1.35. The van der Waals surface area contributed by atoms with Crippen molar-refractivity contribution >= 4 is 43.1 Å². The molecular formula is C26H18N4O10. The third kappa shape index (κ3) is 3.05. The van der Waals surface area contributed by atoms with E-state index >= 15 is 0 Å². The first-order valence-electron chi connectivity index (χ1n) is 12.2. The van der Waals surface area contributed by atoms with E-state index in [1.165, 1.54) is 0 Å². The predicted molar refractivity (Wildman–Crippen MR) is 144 cm³/mol. The third-order valence-electron chi connectivity index (χ3n) is 7.14. The highest BCUT2D eigenvalue weighted by atomic mass is 16.5. The van der Waals surface area contributed by atoms with Crippen LogP contribution in [-0.4, -0.2) is 30.2 Å². The number of ether oxygens (including phenoxy) is 1. The fourth-order valence-electron chi connectivity index (χ4n) is 5.11. The molecule has 1 N–H and O–H groups in total. The number of rotatable bonds is 6. The molecule has 1 unspecified atom stereocenters. The van der Waals surface area contributed by atoms with Gasteiger partial charge in [0.05, 0.1) is 43.1 Å². The van der Waals surface area contributed by atoms with Gasteiger partial charge in [-0.3, -0.25) is 38.4 Å². The van der Waals surface area contributed by atoms with Gasteiger partial charge in [0, 0.05) is 6.61 Å². The lowest BCUT2D eigenvalue weighted by atomic mass is 10.1. The van der Waals surface area contributed by atoms with Crippen LogP contribution >= 0.6 is 0 Å². The monoisotopic (exact) mass is 546 g/mol. The van der Waals surface area contributed by atoms with E-state index in [0.29, 0.717) is 13.9 Å². The summed E-state index contributed by atoms with van der Waals surface area (Å²) in [6, 6.07) is 4.17. The van der Waals surface area contributed by atoms with Gasteiger partial charge in [-0.05, 0) is 37.6 Å². The SMILES string of the molecule is CCOCn1c(=O)c2cc3c(=O)n(-n4c(=O)c5cc6c(=O)n(C(O)CC)c(=O)c6cc5c4=O)c(=O)c3cc2c1=O. The summed E-state index contributed by atoms with van der Waals surface area (Å²) in [5, 5.41) is 8.12. The number of aliphatic hydroxyl groups excluding tert-OH is 1. The largest absolute Gasteiger partial charge is 0.373 e. The molecule has 0 aliphatic rings. The average molecular weight is 546 g/mol. The second kappa shape index (κ2) is 8.46. The number of nitrogens with zero attached hydrogens (tertiary/aromatic N) is 4. The van der Waals surface area contributed by atoms with Gasteiger partial charge in [-0.25, -0.2) is 9.13 Å². The first-order chi connectivity index (χ1) is 19.0. The minimum atomic E-state index is -1.41. The van der Waals surface area contributed by atoms with E-state index < -0.39 is 50.7 Å². The summed E-state index contributed by atoms with van der Waals surface area (Å²) in [5.74, 6) is 0. The quantitative estimate of drug-likeness (QED) is 0.254. The van der Waals surface area contributed by atoms with Crippen molar-refractivity contribution in [2.24, 2.45) is 0 Å². The molecule has 0 saturated heterocycles. The van der Waals surface area contributed by atoms with Crippen molar-refractivity contribution in [3.8, 4) is 0 Å². The van der Waals surface area contributed by atoms with Crippen molar-refractivity contribution < 1.29 is 9.84 Å². The van der Waals surface area contributed by atoms with Crippen molar-refractivity contribution in [2.75, 3.05) is 6.61 Å². The molecule has 40 heavy (non-hydrogen) atoms. The highest BCUT2D eigenvalue weighted by Crippen LogP contribution is 2.17. The molecule has 4 aromatic heterocycles. The van der Waals surface area contributed by atoms with Crippen molar-refractivity contribution in [3.63, 3.8) is 0 Å². The van der Waals surface area contributed by atoms with E-state index in [9.17, 15) is 43.5 Å². The zero-order valence-corrected chi connectivity index (χ0v) is 20.9. The van der Waals surface area contributed by atoms with Gasteiger partial charge in [0.25, 0.3) is 44.5 Å². The molecule has 2 aromatic carbocycles. The van der Waals surface area contributed by atoms with Crippen LogP contribution < -0.4 is 44.5 Å². The van der Waals surface area contributed by atoms with Gasteiger partial charge in [-0.1, -0.05) is 6.92 Å². The fourth-order valence-corrected chi connectivity index (χ4v) is 5.11. The molecule has 0 radical (unpaired) electrons. The van der Waals surface area contributed by atoms with Gasteiger partial charge < -0.3 is 9.84 Å². The molecule has 0 bridgehead atoms. The van der Waals surface area contributed by atoms with Crippen molar-refractivity contribution in [1.29, 1.82) is 0 Å². The van der Waals surface area contributed by atoms with Crippen LogP contribution in [0.25, 0.3) is 43.1 Å². The molecule has 4 heterocycles. The molecule has 0 aliphatic heterocycles. The Labute approximate surface area is 218 Å². The second-order valence-corrected chi connectivity index (χ2v) is 9.26. The lowest BCUT2D eigenvalue weighted by molar-refractivity contribution is 0.0844. The van der Waals surface area contributed by atoms with Crippen molar-refractivity contribution in [2.45, 2.75) is 33.2 Å². The van der Waals surface area contributed by atoms with Crippen LogP contribution in [0.4, 0.5) is 0 Å². The summed E-state index contributed by atoms with van der Waals surface area (Å²) in [6.45, 7) is 3.15. The molecule has 14 nitrogen and oxygen atoms in total. The topological polar surface area (TPSA) is 186 Å². The van der Waals surface area contributed by atoms with Crippen LogP contribution in [0.5, 0.6) is 0 Å². The highest BCUT2D eigenvalue weighted by molar-refractivity contribution is 5.99. The summed E-state index contributed by atoms with van der Waals surface area (Å²) in [7, 11) is 0. The maximum absolute atomic E-state index is 13.3. The first kappa shape index (κ1) is 25.2. The van der Waals surface area contributed by atoms with Crippen LogP contribution in [0.1, 0.15) is 26.5 Å². The number of hydrogen-bond donors (Lipinski definition) is 1. The minimum absolute atomic E-state index is 0.0573. The van der Waals surface area contributed by atoms with Gasteiger partial charge in [0.15, 0.2) is 0 Å². The van der Waals surface area contributed by atoms with Crippen LogP contribution in [0.2, 0.25) is 0 Å². The van der Waals surface area contributed by atoms with E-state index in [-0.39, 0.29) is 62.8 Å². The Morgan fingerprint density at radius 2 is 0.900 bits per heavy atom. The summed E-state index contributed by atoms with van der Waals surface area (Å²) in [5.41, 5.74) is -7.57. The summed E-state index contributed by atoms with van der Waals surface area (Å²) < 4.78 is 7.19. The minimum Gasteiger partial charge on any atom is -0.373 e. The van der Waals surface area contributed by atoms with E-state index in [1.807, 2.05) is 0 Å². The third-order valence-corrected chi connectivity index (χ3v) is 7.14. The molecule has 6 aromatic rings. The fraction of sp³-hybridized carbons (Fsp3) is 0.231. The van der Waals surface area contributed by atoms with Crippen molar-refractivity contribution in [3.05, 3.63) is 107 Å². The molecule has 0 amide bonds. The van der Waals surface area contributed by atoms with Crippen LogP contribution in [0, 0.1) is 0 Å². The van der Waals surface area contributed by atoms with Crippen LogP contribution in [0.3, 0.4) is 0 Å². The number of hydrogen-bond acceptors (Lipinski definition) is 10. The van der Waals surface area contributed by atoms with Gasteiger partial charge >= 0.3 is 0 Å². The van der Waals surface area contributed by atoms with Crippen LogP contribution in [0.15, 0.2) is 62.6 Å².